The molecule has 22 heavy (non-hydrogen) atoms. The first-order valence-corrected chi connectivity index (χ1v) is 7.57. The molecule has 0 fully saturated rings. The summed E-state index contributed by atoms with van der Waals surface area (Å²) >= 11 is 0. The van der Waals surface area contributed by atoms with Crippen LogP contribution < -0.4 is 4.57 Å². The number of aryl methyl sites for hydroxylation is 2. The quantitative estimate of drug-likeness (QED) is 0.458. The van der Waals surface area contributed by atoms with Crippen LogP contribution in [0.15, 0.2) is 54.7 Å². The normalized spacial score (nSPS) is 14.7. The van der Waals surface area contributed by atoms with Crippen molar-refractivity contribution in [3.05, 3.63) is 77.0 Å². The van der Waals surface area contributed by atoms with Gasteiger partial charge in [0.2, 0.25) is 5.69 Å². The summed E-state index contributed by atoms with van der Waals surface area (Å²) in [6.45, 7) is 0.111. The van der Waals surface area contributed by atoms with Gasteiger partial charge in [0, 0.05) is 21.8 Å². The van der Waals surface area contributed by atoms with E-state index < -0.39 is 6.85 Å². The molecule has 108 valence electrons. The lowest BCUT2D eigenvalue weighted by molar-refractivity contribution is -0.660. The van der Waals surface area contributed by atoms with E-state index in [9.17, 15) is 0 Å². The predicted molar refractivity (Wildman–Crippen MR) is 90.8 cm³/mol. The molecule has 1 nitrogen and oxygen atoms in total. The lowest BCUT2D eigenvalue weighted by Gasteiger charge is -2.10. The van der Waals surface area contributed by atoms with E-state index in [1.54, 1.807) is 6.07 Å². The number of rotatable bonds is 1. The highest BCUT2D eigenvalue weighted by Crippen LogP contribution is 2.41. The van der Waals surface area contributed by atoms with E-state index in [4.69, 9.17) is 4.11 Å². The Morgan fingerprint density at radius 3 is 2.64 bits per heavy atom. The Labute approximate surface area is 136 Å². The van der Waals surface area contributed by atoms with Crippen LogP contribution in [0.25, 0.3) is 22.4 Å². The Morgan fingerprint density at radius 1 is 1.00 bits per heavy atom. The molecule has 0 N–H and O–H groups in total. The van der Waals surface area contributed by atoms with Gasteiger partial charge in [-0.15, -0.1) is 0 Å². The van der Waals surface area contributed by atoms with Crippen LogP contribution in [0.1, 0.15) is 26.4 Å². The number of pyridine rings is 1. The molecule has 0 atom stereocenters. The molecule has 0 radical (unpaired) electrons. The van der Waals surface area contributed by atoms with Crippen molar-refractivity contribution >= 4 is 0 Å². The maximum Gasteiger partial charge on any atom is 0.212 e. The van der Waals surface area contributed by atoms with E-state index in [0.29, 0.717) is 5.56 Å². The van der Waals surface area contributed by atoms with Crippen LogP contribution in [0.3, 0.4) is 0 Å². The first kappa shape index (κ1) is 10.3. The molecule has 0 aliphatic heterocycles. The smallest absolute Gasteiger partial charge is 0.201 e. The third-order valence-corrected chi connectivity index (χ3v) is 4.69. The van der Waals surface area contributed by atoms with Crippen molar-refractivity contribution < 1.29 is 8.68 Å². The highest BCUT2D eigenvalue weighted by atomic mass is 14.9. The summed E-state index contributed by atoms with van der Waals surface area (Å²) in [6.07, 6.45) is 2.85. The number of benzene rings is 2. The van der Waals surface area contributed by atoms with Crippen LogP contribution in [-0.4, -0.2) is 0 Å². The minimum Gasteiger partial charge on any atom is -0.201 e. The first-order chi connectivity index (χ1) is 11.9. The SMILES string of the molecule is [2H]C([2H])([2H])c1ccc2c(c1)Cc1c-2ccc(-c2cccc[n+]2C)c1C. The van der Waals surface area contributed by atoms with Gasteiger partial charge in [-0.25, -0.2) is 4.57 Å². The third-order valence-electron chi connectivity index (χ3n) is 4.69. The predicted octanol–water partition coefficient (Wildman–Crippen LogP) is 4.37. The zero-order valence-corrected chi connectivity index (χ0v) is 12.9. The molecule has 1 heteroatoms. The van der Waals surface area contributed by atoms with Gasteiger partial charge in [0.1, 0.15) is 7.05 Å². The van der Waals surface area contributed by atoms with Gasteiger partial charge in [-0.1, -0.05) is 29.8 Å². The van der Waals surface area contributed by atoms with Crippen LogP contribution in [0, 0.1) is 13.8 Å². The van der Waals surface area contributed by atoms with Crippen molar-refractivity contribution in [2.24, 2.45) is 7.05 Å². The zero-order chi connectivity index (χ0) is 17.8. The molecular formula is C21H20N+. The molecule has 0 saturated heterocycles. The molecule has 0 amide bonds. The van der Waals surface area contributed by atoms with Crippen LogP contribution in [0.5, 0.6) is 0 Å². The molecule has 1 aromatic heterocycles. The largest absolute Gasteiger partial charge is 0.212 e. The molecule has 1 aliphatic rings. The van der Waals surface area contributed by atoms with E-state index >= 15 is 0 Å². The minimum atomic E-state index is -2.05. The van der Waals surface area contributed by atoms with E-state index in [0.717, 1.165) is 17.5 Å². The Kier molecular flexibility index (Phi) is 2.26. The maximum atomic E-state index is 7.64. The van der Waals surface area contributed by atoms with Crippen LogP contribution in [-0.2, 0) is 13.5 Å². The van der Waals surface area contributed by atoms with Gasteiger partial charge in [0.05, 0.1) is 0 Å². The molecule has 2 aromatic carbocycles. The van der Waals surface area contributed by atoms with Crippen LogP contribution in [0.4, 0.5) is 0 Å². The highest BCUT2D eigenvalue weighted by Gasteiger charge is 2.23. The Balaban J connectivity index is 1.84. The van der Waals surface area contributed by atoms with Gasteiger partial charge in [-0.3, -0.25) is 0 Å². The van der Waals surface area contributed by atoms with Gasteiger partial charge in [-0.05, 0) is 60.1 Å². The maximum absolute atomic E-state index is 7.64. The molecule has 1 aliphatic carbocycles. The van der Waals surface area contributed by atoms with E-state index in [-0.39, 0.29) is 0 Å². The number of fused-ring (bicyclic) bond motifs is 3. The third kappa shape index (κ3) is 1.89. The van der Waals surface area contributed by atoms with Crippen molar-refractivity contribution in [1.29, 1.82) is 0 Å². The monoisotopic (exact) mass is 289 g/mol. The van der Waals surface area contributed by atoms with Crippen molar-refractivity contribution in [3.63, 3.8) is 0 Å². The van der Waals surface area contributed by atoms with Crippen molar-refractivity contribution in [1.82, 2.24) is 0 Å². The zero-order valence-electron chi connectivity index (χ0n) is 15.9. The van der Waals surface area contributed by atoms with E-state index in [1.807, 2.05) is 18.2 Å². The van der Waals surface area contributed by atoms with E-state index in [1.165, 1.54) is 27.9 Å². The second-order valence-electron chi connectivity index (χ2n) is 6.01. The van der Waals surface area contributed by atoms with Crippen LogP contribution >= 0.6 is 0 Å². The lowest BCUT2D eigenvalue weighted by Crippen LogP contribution is -2.30. The fourth-order valence-corrected chi connectivity index (χ4v) is 3.51. The summed E-state index contributed by atoms with van der Waals surface area (Å²) in [5, 5.41) is 0. The second-order valence-corrected chi connectivity index (χ2v) is 6.01. The molecule has 0 unspecified atom stereocenters. The van der Waals surface area contributed by atoms with Gasteiger partial charge in [0.25, 0.3) is 0 Å². The lowest BCUT2D eigenvalue weighted by atomic mass is 9.95. The summed E-state index contributed by atoms with van der Waals surface area (Å²) in [6, 6.07) is 16.1. The average Bonchev–Trinajstić information content (AvgIpc) is 2.94. The minimum absolute atomic E-state index is 0.423. The fourth-order valence-electron chi connectivity index (χ4n) is 3.51. The number of nitrogens with zero attached hydrogens (tertiary/aromatic N) is 1. The van der Waals surface area contributed by atoms with Crippen molar-refractivity contribution in [2.45, 2.75) is 20.2 Å². The molecule has 1 heterocycles. The molecule has 3 aromatic rings. The second kappa shape index (κ2) is 4.81. The van der Waals surface area contributed by atoms with Gasteiger partial charge in [0.15, 0.2) is 6.20 Å². The topological polar surface area (TPSA) is 3.88 Å². The average molecular weight is 289 g/mol. The molecule has 0 spiro atoms. The Bertz CT molecular complexity index is 987. The molecule has 4 rings (SSSR count). The molecule has 0 bridgehead atoms. The highest BCUT2D eigenvalue weighted by molar-refractivity contribution is 5.81. The van der Waals surface area contributed by atoms with Crippen molar-refractivity contribution in [2.75, 3.05) is 0 Å². The van der Waals surface area contributed by atoms with Crippen LogP contribution in [0.2, 0.25) is 0 Å². The summed E-state index contributed by atoms with van der Waals surface area (Å²) in [5.74, 6) is 0. The summed E-state index contributed by atoms with van der Waals surface area (Å²) in [4.78, 5) is 0. The van der Waals surface area contributed by atoms with Gasteiger partial charge in [-0.2, -0.15) is 0 Å². The van der Waals surface area contributed by atoms with Gasteiger partial charge >= 0.3 is 0 Å². The number of hydrogen-bond donors (Lipinski definition) is 0. The number of hydrogen-bond acceptors (Lipinski definition) is 0. The fraction of sp³-hybridized carbons (Fsp3) is 0.190. The first-order valence-electron chi connectivity index (χ1n) is 9.07. The van der Waals surface area contributed by atoms with E-state index in [2.05, 4.69) is 49.0 Å². The standard InChI is InChI=1S/C21H20N/c1-14-7-8-18-16(12-14)13-20-15(2)17(9-10-19(18)20)21-6-4-5-11-22(21)3/h4-12H,13H2,1-3H3/q+1/i1D3. The number of aromatic nitrogens is 1. The summed E-state index contributed by atoms with van der Waals surface area (Å²) in [7, 11) is 2.05. The molecular weight excluding hydrogens is 266 g/mol. The molecule has 0 saturated carbocycles. The summed E-state index contributed by atoms with van der Waals surface area (Å²) < 4.78 is 25.0. The van der Waals surface area contributed by atoms with Gasteiger partial charge < -0.3 is 0 Å². The summed E-state index contributed by atoms with van der Waals surface area (Å²) in [5.41, 5.74) is 8.91. The Hall–Kier alpha value is -2.41. The Morgan fingerprint density at radius 2 is 1.82 bits per heavy atom. The van der Waals surface area contributed by atoms with Crippen molar-refractivity contribution in [3.8, 4) is 22.4 Å².